The highest BCUT2D eigenvalue weighted by Gasteiger charge is 2.57. The molecule has 4 aliphatic rings. The van der Waals surface area contributed by atoms with Crippen LogP contribution >= 0.6 is 35.0 Å². The lowest BCUT2D eigenvalue weighted by Crippen LogP contribution is -2.60. The summed E-state index contributed by atoms with van der Waals surface area (Å²) in [4.78, 5) is 81.8. The van der Waals surface area contributed by atoms with E-state index in [0.29, 0.717) is 33.1 Å². The highest BCUT2D eigenvalue weighted by Crippen LogP contribution is 2.50. The van der Waals surface area contributed by atoms with Crippen LogP contribution in [0.1, 0.15) is 142 Å². The molecule has 4 fully saturated rings. The Morgan fingerprint density at radius 1 is 0.587 bits per heavy atom. The fraction of sp³-hybridized carbons (Fsp3) is 0.806. The van der Waals surface area contributed by atoms with E-state index in [0.717, 1.165) is 19.1 Å². The second-order valence-electron chi connectivity index (χ2n) is 24.8. The van der Waals surface area contributed by atoms with Gasteiger partial charge in [0.1, 0.15) is 36.6 Å². The summed E-state index contributed by atoms with van der Waals surface area (Å²) in [6, 6.07) is 9.75. The Balaban J connectivity index is -0.000000610. The van der Waals surface area contributed by atoms with Gasteiger partial charge in [-0.1, -0.05) is 106 Å². The van der Waals surface area contributed by atoms with Crippen LogP contribution in [0.2, 0.25) is 6.32 Å². The third-order valence-corrected chi connectivity index (χ3v) is 18.6. The molecule has 4 aliphatic heterocycles. The average molecular weight is 1570 g/mol. The molecule has 4 heterocycles. The Morgan fingerprint density at radius 3 is 1.27 bits per heavy atom. The van der Waals surface area contributed by atoms with Crippen LogP contribution in [0.25, 0.3) is 0 Å². The topological polar surface area (TPSA) is 475 Å². The number of aliphatic carboxylic acids is 1. The van der Waals surface area contributed by atoms with E-state index in [9.17, 15) is 78.7 Å². The van der Waals surface area contributed by atoms with Crippen molar-refractivity contribution in [3.05, 3.63) is 30.3 Å². The number of carbonyl (C=O) groups excluding carboxylic acids is 6. The molecular formula is C67H117BCl2F3O30S. The van der Waals surface area contributed by atoms with Crippen LogP contribution in [-0.2, 0) is 80.9 Å². The molecule has 1 aromatic rings. The second kappa shape index (κ2) is 54.3. The number of hydrogen-bond acceptors (Lipinski definition) is 30. The van der Waals surface area contributed by atoms with Gasteiger partial charge in [-0.3, -0.25) is 14.4 Å². The summed E-state index contributed by atoms with van der Waals surface area (Å²) < 4.78 is 79.7. The van der Waals surface area contributed by atoms with Crippen molar-refractivity contribution < 1.29 is 161 Å². The summed E-state index contributed by atoms with van der Waals surface area (Å²) in [7, 11) is 5.29. The lowest BCUT2D eigenvalue weighted by Gasteiger charge is -2.47. The van der Waals surface area contributed by atoms with Gasteiger partial charge >= 0.3 is 55.1 Å². The normalized spacial score (nSPS) is 30.3. The van der Waals surface area contributed by atoms with E-state index in [2.05, 4.69) is 18.6 Å². The number of aliphatic hydroxyl groups excluding tert-OH is 10. The summed E-state index contributed by atoms with van der Waals surface area (Å²) in [5, 5.41) is 118. The number of halogens is 5. The summed E-state index contributed by atoms with van der Waals surface area (Å²) in [6.45, 7) is 25.3. The smallest absolute Gasteiger partial charge is 0.379 e. The number of aliphatic hydroxyl groups is 12. The second-order valence-corrected chi connectivity index (χ2v) is 27.0. The molecule has 0 bridgehead atoms. The Hall–Kier alpha value is -4.35. The van der Waals surface area contributed by atoms with Crippen LogP contribution in [0.5, 0.6) is 0 Å². The zero-order valence-corrected chi connectivity index (χ0v) is 65.2. The van der Waals surface area contributed by atoms with Gasteiger partial charge in [-0.25, -0.2) is 19.2 Å². The lowest BCUT2D eigenvalue weighted by atomic mass is 9.76. The molecule has 16 unspecified atom stereocenters. The molecule has 0 aromatic heterocycles. The molecule has 0 spiro atoms. The molecule has 0 saturated carbocycles. The zero-order chi connectivity index (χ0) is 82.0. The van der Waals surface area contributed by atoms with Crippen LogP contribution in [-0.4, -0.2) is 265 Å². The number of alkyl halides is 2. The molecule has 4 saturated heterocycles. The standard InChI is InChI=1S/C22H32O5S.C18H30O7.C11H20O8.C10H18O8.C2H5BF.C2H6O.CH2Cl2.CH4O.F2/c1-7-19(26-17(5)23)16(4)20-15(3)14(2)13-22(27-20,21(24)25-6)28-18-11-9-8-10-12-18;1-8-15(23-13(5)19)12(4)16-11(3)10(2)9-18(25-16,17(21)22-7)24-14(6)20;1-5-6(13)3-11(17,10(16)18-2)19-9(5)8(15)7(14)4-12;1-4-5(12)2-10(17,9(15)16)18-8(4)7(14)6(13)3-11;1-2-3-4;1-2-3;2-1-3;2*1-2/h8-12,14-16,19-20H,7,13H2,1-6H3;10-12,15-16H,8-9H2,1-7H3;5-9,12-15,17H,3-4H2,1-2H3;4-8,11-14,17H,2-3H2,1H3,(H,15,16);2H2,1H3;3H,2H2,1H3;1H2;2H,1H3;/t14?,15?,16-,19-,20?,22?;10?,11?,12-,15-,16?,18?;5?,6?,7-,8-,9?,11?;4?,5?,6-,7-,8?,10?;;;;;/m1111...../s1. The van der Waals surface area contributed by atoms with Crippen molar-refractivity contribution in [1.29, 1.82) is 0 Å². The Labute approximate surface area is 622 Å². The Morgan fingerprint density at radius 2 is 0.942 bits per heavy atom. The van der Waals surface area contributed by atoms with Gasteiger partial charge in [-0.15, -0.1) is 23.2 Å². The monoisotopic (exact) mass is 1570 g/mol. The van der Waals surface area contributed by atoms with Crippen molar-refractivity contribution in [3.63, 3.8) is 0 Å². The first-order chi connectivity index (χ1) is 48.5. The van der Waals surface area contributed by atoms with Crippen molar-refractivity contribution in [2.24, 2.45) is 47.3 Å². The number of carboxylic acids is 1. The number of esters is 6. The molecule has 0 aliphatic carbocycles. The third kappa shape index (κ3) is 33.7. The average Bonchev–Trinajstić information content (AvgIpc) is 0.783. The molecule has 0 amide bonds. The molecule has 37 heteroatoms. The first-order valence-electron chi connectivity index (χ1n) is 33.5. The highest BCUT2D eigenvalue weighted by molar-refractivity contribution is 8.01. The molecule has 30 nitrogen and oxygen atoms in total. The van der Waals surface area contributed by atoms with Gasteiger partial charge in [0, 0.05) is 97.9 Å². The number of thioether (sulfide) groups is 1. The zero-order valence-electron chi connectivity index (χ0n) is 62.8. The van der Waals surface area contributed by atoms with Crippen LogP contribution in [0.15, 0.2) is 35.2 Å². The van der Waals surface area contributed by atoms with Gasteiger partial charge in [0.05, 0.1) is 76.5 Å². The number of ether oxygens (including phenoxy) is 10. The number of carboxylic acid groups (broad SMARTS) is 1. The maximum absolute atomic E-state index is 12.9. The van der Waals surface area contributed by atoms with Crippen LogP contribution in [0, 0.1) is 47.3 Å². The summed E-state index contributed by atoms with van der Waals surface area (Å²) in [5.74, 6) is -13.0. The van der Waals surface area contributed by atoms with Gasteiger partial charge in [0.25, 0.3) is 11.6 Å². The first-order valence-corrected chi connectivity index (χ1v) is 35.4. The van der Waals surface area contributed by atoms with E-state index in [-0.39, 0.29) is 90.1 Å². The van der Waals surface area contributed by atoms with Crippen molar-refractivity contribution in [3.8, 4) is 0 Å². The lowest BCUT2D eigenvalue weighted by molar-refractivity contribution is -0.303. The highest BCUT2D eigenvalue weighted by atomic mass is 35.5. The van der Waals surface area contributed by atoms with Crippen molar-refractivity contribution in [2.45, 2.75) is 249 Å². The fourth-order valence-electron chi connectivity index (χ4n) is 11.4. The number of rotatable bonds is 22. The quantitative estimate of drug-likeness (QED) is 0.0325. The van der Waals surface area contributed by atoms with Gasteiger partial charge in [-0.2, -0.15) is 0 Å². The van der Waals surface area contributed by atoms with E-state index in [4.69, 9.17) is 101 Å². The first kappa shape index (κ1) is 106. The maximum atomic E-state index is 12.9. The van der Waals surface area contributed by atoms with Gasteiger partial charge in [-0.05, 0) is 61.9 Å². The van der Waals surface area contributed by atoms with Crippen molar-refractivity contribution >= 4 is 84.3 Å². The van der Waals surface area contributed by atoms with Crippen LogP contribution in [0.3, 0.4) is 0 Å². The van der Waals surface area contributed by atoms with Gasteiger partial charge in [0.15, 0.2) is 0 Å². The molecule has 13 N–H and O–H groups in total. The third-order valence-electron chi connectivity index (χ3n) is 17.4. The molecule has 5 rings (SSSR count). The van der Waals surface area contributed by atoms with E-state index < -0.39 is 139 Å². The fourth-order valence-corrected chi connectivity index (χ4v) is 12.8. The predicted octanol–water partition coefficient (Wildman–Crippen LogP) is 4.63. The molecule has 1 aromatic carbocycles. The maximum Gasteiger partial charge on any atom is 0.379 e. The van der Waals surface area contributed by atoms with Gasteiger partial charge < -0.3 is 118 Å². The van der Waals surface area contributed by atoms with Crippen molar-refractivity contribution in [2.75, 3.05) is 53.6 Å². The number of methoxy groups -OCH3 is 3. The van der Waals surface area contributed by atoms with Crippen LogP contribution in [0.4, 0.5) is 13.5 Å². The van der Waals surface area contributed by atoms with E-state index in [1.54, 1.807) is 13.8 Å². The summed E-state index contributed by atoms with van der Waals surface area (Å²) in [5.41, 5.74) is 0. The van der Waals surface area contributed by atoms with Gasteiger partial charge in [0.2, 0.25) is 4.93 Å². The summed E-state index contributed by atoms with van der Waals surface area (Å²) >= 11 is 10.9. The van der Waals surface area contributed by atoms with E-state index >= 15 is 0 Å². The van der Waals surface area contributed by atoms with E-state index in [1.165, 1.54) is 60.6 Å². The van der Waals surface area contributed by atoms with Crippen LogP contribution < -0.4 is 0 Å². The molecule has 104 heavy (non-hydrogen) atoms. The largest absolute Gasteiger partial charge is 0.477 e. The van der Waals surface area contributed by atoms with E-state index in [1.807, 2.05) is 71.9 Å². The molecular weight excluding hydrogens is 1460 g/mol. The van der Waals surface area contributed by atoms with Crippen molar-refractivity contribution in [1.82, 2.24) is 0 Å². The number of carbonyl (C=O) groups is 7. The predicted molar refractivity (Wildman–Crippen MR) is 373 cm³/mol. The minimum absolute atomic E-state index is 0.0366. The SMILES string of the molecule is CC1C(O)CC(O)(C(=O)O)OC1[C@H](O)[C@H](O)CO.CCO.CC[B]F.CC[C@@H](OC(C)=O)[C@@H](C)C1OC(OC(C)=O)(C(=O)OC)CC(C)C1C.CC[C@@H](OC(C)=O)[C@@H](C)C1OC(Sc2ccccc2)(C(=O)OC)CC(C)C1C.CO.COC(=O)C1(O)CC(O)C(C)C([C@H](O)[C@H](O)CO)O1.ClCCl.FF. The summed E-state index contributed by atoms with van der Waals surface area (Å²) in [6.07, 6.45) is -10.8. The minimum Gasteiger partial charge on any atom is -0.477 e. The molecule has 609 valence electrons. The molecule has 24 atom stereocenters. The minimum atomic E-state index is -2.62. The number of hydrogen-bond donors (Lipinski definition) is 13. The molecule has 1 radical (unpaired) electrons. The Kier molecular flexibility index (Phi) is 55.3. The Bertz CT molecular complexity index is 2560. The number of benzene rings is 1.